The number of nitrogens with zero attached hydrogens (tertiary/aromatic N) is 8. The molecule has 1 heterocycles. The lowest BCUT2D eigenvalue weighted by atomic mass is 10.1. The molecule has 0 atom stereocenters. The first kappa shape index (κ1) is 63.2. The van der Waals surface area contributed by atoms with Crippen LogP contribution >= 0.6 is 0 Å². The Labute approximate surface area is 456 Å². The monoisotopic (exact) mass is 1290 g/mol. The lowest BCUT2D eigenvalue weighted by Gasteiger charge is -2.23. The van der Waals surface area contributed by atoms with E-state index in [0.29, 0.717) is 30.3 Å². The Balaban J connectivity index is 1.44. The van der Waals surface area contributed by atoms with Crippen LogP contribution in [0.1, 0.15) is 0 Å². The van der Waals surface area contributed by atoms with Gasteiger partial charge in [0.15, 0.2) is 25.4 Å². The number of para-hydroxylation sites is 1. The smallest absolute Gasteiger partial charge is 0.397 e. The molecule has 0 bridgehead atoms. The van der Waals surface area contributed by atoms with Crippen LogP contribution in [0.5, 0.6) is 5.75 Å². The summed E-state index contributed by atoms with van der Waals surface area (Å²) in [7, 11) is -41.1. The van der Waals surface area contributed by atoms with Crippen molar-refractivity contribution in [3.05, 3.63) is 84.9 Å². The standard InChI is InChI=1S/C37H35FN10O25S8/c38-35-41-36(43-37(42-35)48(22-4-2-1-3-5-22)10-13-74(50,51)14-11-72-80(66,67)68)40-21-6-9-26(76(54,55)56)25(18-21)45-47-33-29(79(63,64)65)17-20-16-28(78(60,61)62)32(31(39)30(20)34(33)49)46-44-24-8-7-23(19-27(24)77(57,58)59)75(52,53)15-12-73-81(69,70)71/h1-9,16-19,49H,10-15,39H2,(H,54,55,56)(H,57,58,59)(H,60,61,62)(H,63,64,65)(H,66,67,68)(H,69,70,71)(H,40,41,42,43). The Kier molecular flexibility index (Phi) is 18.3. The quantitative estimate of drug-likeness (QED) is 0.0239. The predicted octanol–water partition coefficient (Wildman–Crippen LogP) is 2.98. The molecule has 0 saturated carbocycles. The Morgan fingerprint density at radius 3 is 1.68 bits per heavy atom. The zero-order valence-corrected chi connectivity index (χ0v) is 46.1. The van der Waals surface area contributed by atoms with E-state index in [4.69, 9.17) is 14.8 Å². The molecule has 0 saturated heterocycles. The minimum Gasteiger partial charge on any atom is -0.505 e. The van der Waals surface area contributed by atoms with Gasteiger partial charge in [0, 0.05) is 17.9 Å². The molecule has 0 radical (unpaired) electrons. The van der Waals surface area contributed by atoms with Crippen molar-refractivity contribution >= 4 is 143 Å². The van der Waals surface area contributed by atoms with Gasteiger partial charge < -0.3 is 21.1 Å². The highest BCUT2D eigenvalue weighted by Gasteiger charge is 2.30. The molecular formula is C37H35FN10O25S8. The van der Waals surface area contributed by atoms with Gasteiger partial charge in [-0.3, -0.25) is 27.3 Å². The average molecular weight is 1300 g/mol. The van der Waals surface area contributed by atoms with Crippen molar-refractivity contribution in [2.75, 3.05) is 53.0 Å². The third kappa shape index (κ3) is 16.6. The molecule has 0 spiro atoms. The van der Waals surface area contributed by atoms with Crippen LogP contribution in [0, 0.1) is 6.08 Å². The third-order valence-electron chi connectivity index (χ3n) is 10.2. The molecule has 10 N–H and O–H groups in total. The number of azo groups is 2. The first-order valence-corrected chi connectivity index (χ1v) is 32.9. The summed E-state index contributed by atoms with van der Waals surface area (Å²) in [5, 5.41) is 26.6. The van der Waals surface area contributed by atoms with E-state index in [-0.39, 0.29) is 17.4 Å². The lowest BCUT2D eigenvalue weighted by molar-refractivity contribution is 0.282. The molecular weight excluding hydrogens is 1260 g/mol. The highest BCUT2D eigenvalue weighted by atomic mass is 32.3. The third-order valence-corrected chi connectivity index (χ3v) is 17.9. The van der Waals surface area contributed by atoms with Crippen molar-refractivity contribution in [2.45, 2.75) is 24.5 Å². The van der Waals surface area contributed by atoms with Gasteiger partial charge in [-0.25, -0.2) is 25.2 Å². The summed E-state index contributed by atoms with van der Waals surface area (Å²) in [6.45, 7) is -2.68. The molecule has 1 aromatic heterocycles. The summed E-state index contributed by atoms with van der Waals surface area (Å²) < 4.78 is 277. The predicted molar refractivity (Wildman–Crippen MR) is 273 cm³/mol. The fourth-order valence-corrected chi connectivity index (χ4v) is 12.3. The van der Waals surface area contributed by atoms with Crippen molar-refractivity contribution in [3.63, 3.8) is 0 Å². The van der Waals surface area contributed by atoms with E-state index in [1.54, 1.807) is 6.07 Å². The summed E-state index contributed by atoms with van der Waals surface area (Å²) >= 11 is 0. The van der Waals surface area contributed by atoms with Gasteiger partial charge in [0.05, 0.1) is 46.4 Å². The highest BCUT2D eigenvalue weighted by Crippen LogP contribution is 2.49. The molecule has 6 rings (SSSR count). The number of aromatic hydroxyl groups is 1. The second kappa shape index (κ2) is 23.5. The first-order chi connectivity index (χ1) is 37.1. The fourth-order valence-electron chi connectivity index (χ4n) is 6.74. The second-order valence-electron chi connectivity index (χ2n) is 15.7. The largest absolute Gasteiger partial charge is 0.505 e. The van der Waals surface area contributed by atoms with Gasteiger partial charge in [-0.1, -0.05) is 18.2 Å². The maximum atomic E-state index is 15.2. The van der Waals surface area contributed by atoms with Crippen molar-refractivity contribution in [1.82, 2.24) is 15.0 Å². The van der Waals surface area contributed by atoms with Crippen LogP contribution in [-0.2, 0) is 89.3 Å². The number of rotatable bonds is 24. The van der Waals surface area contributed by atoms with E-state index in [1.807, 2.05) is 0 Å². The number of hydrogen-bond acceptors (Lipinski definition) is 29. The van der Waals surface area contributed by atoms with Crippen LogP contribution < -0.4 is 16.0 Å². The first-order valence-electron chi connectivity index (χ1n) is 21.0. The number of fused-ring (bicyclic) bond motifs is 1. The number of hydrogen-bond donors (Lipinski definition) is 9. The molecule has 438 valence electrons. The summed E-state index contributed by atoms with van der Waals surface area (Å²) in [5.74, 6) is -5.60. The number of phenols is 1. The maximum absolute atomic E-state index is 15.2. The van der Waals surface area contributed by atoms with E-state index in [9.17, 15) is 90.7 Å². The highest BCUT2D eigenvalue weighted by molar-refractivity contribution is 7.92. The molecule has 0 fully saturated rings. The van der Waals surface area contributed by atoms with Crippen LogP contribution in [0.3, 0.4) is 0 Å². The van der Waals surface area contributed by atoms with Gasteiger partial charge in [0.2, 0.25) is 11.9 Å². The van der Waals surface area contributed by atoms with Crippen molar-refractivity contribution < 1.29 is 113 Å². The van der Waals surface area contributed by atoms with Gasteiger partial charge in [-0.05, 0) is 66.0 Å². The van der Waals surface area contributed by atoms with Crippen LogP contribution in [0.25, 0.3) is 10.8 Å². The normalized spacial score (nSPS) is 13.3. The average Bonchev–Trinajstić information content (AvgIpc) is 3.53. The molecule has 0 amide bonds. The van der Waals surface area contributed by atoms with Crippen LogP contribution in [-0.4, -0.2) is 152 Å². The van der Waals surface area contributed by atoms with Crippen LogP contribution in [0.15, 0.2) is 124 Å². The lowest BCUT2D eigenvalue weighted by Crippen LogP contribution is -2.29. The van der Waals surface area contributed by atoms with Gasteiger partial charge in [0.25, 0.3) is 40.5 Å². The van der Waals surface area contributed by atoms with E-state index in [1.165, 1.54) is 24.3 Å². The van der Waals surface area contributed by atoms with E-state index < -0.39 is 205 Å². The minimum absolute atomic E-state index is 0.169. The molecule has 44 heteroatoms. The molecule has 0 aliphatic heterocycles. The summed E-state index contributed by atoms with van der Waals surface area (Å²) in [6.07, 6.45) is -1.50. The zero-order valence-electron chi connectivity index (χ0n) is 39.5. The molecule has 5 aromatic carbocycles. The summed E-state index contributed by atoms with van der Waals surface area (Å²) in [5.41, 5.74) is 0.397. The number of nitrogen functional groups attached to an aromatic ring is 1. The van der Waals surface area contributed by atoms with Gasteiger partial charge in [-0.2, -0.15) is 69.8 Å². The topological polar surface area (TPSA) is 563 Å². The molecule has 0 unspecified atom stereocenters. The number of sulfone groups is 2. The van der Waals surface area contributed by atoms with Crippen LogP contribution in [0.4, 0.5) is 56.1 Å². The number of phenolic OH excluding ortho intramolecular Hbond substituents is 1. The number of anilines is 5. The fraction of sp³-hybridized carbons (Fsp3) is 0.162. The van der Waals surface area contributed by atoms with Crippen molar-refractivity contribution in [2.24, 2.45) is 20.5 Å². The number of nitrogens with one attached hydrogen (secondary N) is 1. The number of benzene rings is 5. The van der Waals surface area contributed by atoms with Crippen molar-refractivity contribution in [1.29, 1.82) is 0 Å². The summed E-state index contributed by atoms with van der Waals surface area (Å²) in [4.78, 5) is 6.05. The zero-order chi connectivity index (χ0) is 60.5. The Morgan fingerprint density at radius 1 is 0.568 bits per heavy atom. The van der Waals surface area contributed by atoms with Gasteiger partial charge in [-0.15, -0.1) is 20.5 Å². The summed E-state index contributed by atoms with van der Waals surface area (Å²) in [6, 6.07) is 11.9. The molecule has 0 aliphatic carbocycles. The van der Waals surface area contributed by atoms with E-state index in [2.05, 4.69) is 49.1 Å². The van der Waals surface area contributed by atoms with Gasteiger partial charge >= 0.3 is 26.9 Å². The minimum atomic E-state index is -5.65. The Hall–Kier alpha value is -7.02. The number of aromatic nitrogens is 3. The molecule has 81 heavy (non-hydrogen) atoms. The molecule has 0 aliphatic rings. The van der Waals surface area contributed by atoms with E-state index in [0.717, 1.165) is 17.0 Å². The van der Waals surface area contributed by atoms with Crippen molar-refractivity contribution in [3.8, 4) is 5.75 Å². The Morgan fingerprint density at radius 2 is 1.11 bits per heavy atom. The molecule has 35 nitrogen and oxygen atoms in total. The maximum Gasteiger partial charge on any atom is 0.397 e. The number of nitrogens with two attached hydrogens (primary N) is 1. The molecule has 6 aromatic rings. The van der Waals surface area contributed by atoms with Gasteiger partial charge in [0.1, 0.15) is 42.3 Å². The van der Waals surface area contributed by atoms with E-state index >= 15 is 4.39 Å². The Bertz CT molecular complexity index is 4530. The number of halogens is 1. The second-order valence-corrected chi connectivity index (χ2v) is 27.9. The SMILES string of the molecule is Nc1c(N=Nc2ccc(S(=O)(=O)CCOS(=O)(=O)O)cc2S(=O)(=O)O)c(S(=O)(=O)O)cc2cc(S(=O)(=O)O)c(N=Nc3cc(Nc4nc(F)nc(N(CCS(=O)(=O)CCOS(=O)(=O)O)c5ccccc5)n4)ccc3S(=O)(=O)O)c(O)c12. The van der Waals surface area contributed by atoms with Crippen LogP contribution in [0.2, 0.25) is 0 Å².